The molecule has 0 aliphatic heterocycles. The average molecular weight is 289 g/mol. The number of thiophene rings is 1. The van der Waals surface area contributed by atoms with Crippen molar-refractivity contribution in [2.45, 2.75) is 19.6 Å². The van der Waals surface area contributed by atoms with Gasteiger partial charge in [0.25, 0.3) is 5.91 Å². The van der Waals surface area contributed by atoms with Gasteiger partial charge in [0.2, 0.25) is 0 Å². The molecular formula is C15H15NO3S. The van der Waals surface area contributed by atoms with Gasteiger partial charge in [0.05, 0.1) is 4.88 Å². The van der Waals surface area contributed by atoms with Crippen molar-refractivity contribution in [1.82, 2.24) is 5.32 Å². The maximum atomic E-state index is 11.8. The Morgan fingerprint density at radius 1 is 1.20 bits per heavy atom. The quantitative estimate of drug-likeness (QED) is 0.861. The third kappa shape index (κ3) is 3.93. The molecule has 5 heteroatoms. The third-order valence-corrected chi connectivity index (χ3v) is 3.54. The van der Waals surface area contributed by atoms with Crippen molar-refractivity contribution in [3.63, 3.8) is 0 Å². The lowest BCUT2D eigenvalue weighted by Crippen LogP contribution is -2.39. The fraction of sp³-hybridized carbons (Fsp3) is 0.200. The molecule has 1 N–H and O–H groups in total. The van der Waals surface area contributed by atoms with Crippen LogP contribution in [-0.2, 0) is 16.1 Å². The summed E-state index contributed by atoms with van der Waals surface area (Å²) >= 11 is 1.33. The highest BCUT2D eigenvalue weighted by Crippen LogP contribution is 2.08. The van der Waals surface area contributed by atoms with Gasteiger partial charge in [-0.15, -0.1) is 11.3 Å². The number of esters is 1. The van der Waals surface area contributed by atoms with Gasteiger partial charge >= 0.3 is 5.97 Å². The first kappa shape index (κ1) is 14.3. The zero-order chi connectivity index (χ0) is 14.4. The van der Waals surface area contributed by atoms with E-state index in [1.165, 1.54) is 11.3 Å². The lowest BCUT2D eigenvalue weighted by atomic mass is 10.2. The highest BCUT2D eigenvalue weighted by atomic mass is 32.1. The van der Waals surface area contributed by atoms with E-state index in [0.29, 0.717) is 4.88 Å². The minimum absolute atomic E-state index is 0.207. The first-order valence-electron chi connectivity index (χ1n) is 6.22. The minimum atomic E-state index is -0.673. The normalized spacial score (nSPS) is 11.7. The molecule has 0 aliphatic carbocycles. The van der Waals surface area contributed by atoms with E-state index < -0.39 is 12.0 Å². The summed E-state index contributed by atoms with van der Waals surface area (Å²) in [7, 11) is 0. The molecule has 1 atom stereocenters. The molecule has 0 saturated carbocycles. The first-order valence-corrected chi connectivity index (χ1v) is 7.09. The molecule has 2 aromatic rings. The van der Waals surface area contributed by atoms with Gasteiger partial charge in [-0.2, -0.15) is 0 Å². The summed E-state index contributed by atoms with van der Waals surface area (Å²) in [4.78, 5) is 24.2. The number of ether oxygens (including phenoxy) is 1. The van der Waals surface area contributed by atoms with E-state index in [1.54, 1.807) is 19.1 Å². The molecule has 0 fully saturated rings. The van der Waals surface area contributed by atoms with E-state index in [0.717, 1.165) is 5.56 Å². The lowest BCUT2D eigenvalue weighted by Gasteiger charge is -2.12. The largest absolute Gasteiger partial charge is 0.459 e. The second kappa shape index (κ2) is 6.86. The summed E-state index contributed by atoms with van der Waals surface area (Å²) in [6.07, 6.45) is 0. The van der Waals surface area contributed by atoms with Gasteiger partial charge in [0.15, 0.2) is 0 Å². The van der Waals surface area contributed by atoms with Crippen LogP contribution in [0.2, 0.25) is 0 Å². The predicted molar refractivity (Wildman–Crippen MR) is 77.5 cm³/mol. The molecule has 1 heterocycles. The van der Waals surface area contributed by atoms with Gasteiger partial charge in [0, 0.05) is 0 Å². The van der Waals surface area contributed by atoms with Crippen molar-refractivity contribution < 1.29 is 14.3 Å². The molecule has 1 aromatic heterocycles. The molecular weight excluding hydrogens is 274 g/mol. The van der Waals surface area contributed by atoms with Gasteiger partial charge in [-0.1, -0.05) is 36.4 Å². The van der Waals surface area contributed by atoms with Crippen molar-refractivity contribution in [2.24, 2.45) is 0 Å². The van der Waals surface area contributed by atoms with Gasteiger partial charge in [0.1, 0.15) is 12.6 Å². The number of rotatable bonds is 5. The summed E-state index contributed by atoms with van der Waals surface area (Å²) in [5.41, 5.74) is 0.914. The zero-order valence-corrected chi connectivity index (χ0v) is 11.9. The average Bonchev–Trinajstić information content (AvgIpc) is 3.00. The van der Waals surface area contributed by atoms with Crippen LogP contribution in [0.5, 0.6) is 0 Å². The molecule has 1 aromatic carbocycles. The monoisotopic (exact) mass is 289 g/mol. The SMILES string of the molecule is CC(NC(=O)c1cccs1)C(=O)OCc1ccccc1. The molecule has 20 heavy (non-hydrogen) atoms. The number of benzene rings is 1. The van der Waals surface area contributed by atoms with Crippen LogP contribution in [0, 0.1) is 0 Å². The Morgan fingerprint density at radius 3 is 2.60 bits per heavy atom. The fourth-order valence-electron chi connectivity index (χ4n) is 1.59. The van der Waals surface area contributed by atoms with Crippen LogP contribution in [0.1, 0.15) is 22.2 Å². The summed E-state index contributed by atoms with van der Waals surface area (Å²) in [6, 6.07) is 12.2. The summed E-state index contributed by atoms with van der Waals surface area (Å²) in [5, 5.41) is 4.43. The molecule has 2 rings (SSSR count). The minimum Gasteiger partial charge on any atom is -0.459 e. The van der Waals surface area contributed by atoms with Crippen LogP contribution in [0.25, 0.3) is 0 Å². The highest BCUT2D eigenvalue weighted by Gasteiger charge is 2.18. The van der Waals surface area contributed by atoms with E-state index in [4.69, 9.17) is 4.74 Å². The molecule has 1 unspecified atom stereocenters. The van der Waals surface area contributed by atoms with Crippen molar-refractivity contribution in [3.05, 3.63) is 58.3 Å². The Hall–Kier alpha value is -2.14. The van der Waals surface area contributed by atoms with Crippen molar-refractivity contribution >= 4 is 23.2 Å². The van der Waals surface area contributed by atoms with Crippen molar-refractivity contribution in [3.8, 4) is 0 Å². The molecule has 4 nitrogen and oxygen atoms in total. The van der Waals surface area contributed by atoms with E-state index in [9.17, 15) is 9.59 Å². The Bertz CT molecular complexity index is 566. The molecule has 1 amide bonds. The molecule has 0 bridgehead atoms. The maximum absolute atomic E-state index is 11.8. The lowest BCUT2D eigenvalue weighted by molar-refractivity contribution is -0.146. The van der Waals surface area contributed by atoms with E-state index in [-0.39, 0.29) is 12.5 Å². The summed E-state index contributed by atoms with van der Waals surface area (Å²) in [6.45, 7) is 1.82. The van der Waals surface area contributed by atoms with Crippen LogP contribution in [-0.4, -0.2) is 17.9 Å². The van der Waals surface area contributed by atoms with E-state index >= 15 is 0 Å². The van der Waals surface area contributed by atoms with Gasteiger partial charge < -0.3 is 10.1 Å². The molecule has 0 saturated heterocycles. The third-order valence-electron chi connectivity index (χ3n) is 2.67. The van der Waals surface area contributed by atoms with Gasteiger partial charge in [-0.05, 0) is 23.9 Å². The maximum Gasteiger partial charge on any atom is 0.328 e. The number of carbonyl (C=O) groups is 2. The van der Waals surface area contributed by atoms with E-state index in [1.807, 2.05) is 35.7 Å². The van der Waals surface area contributed by atoms with E-state index in [2.05, 4.69) is 5.32 Å². The van der Waals surface area contributed by atoms with Crippen molar-refractivity contribution in [1.29, 1.82) is 0 Å². The Kier molecular flexibility index (Phi) is 4.90. The summed E-state index contributed by atoms with van der Waals surface area (Å²) in [5.74, 6) is -0.706. The smallest absolute Gasteiger partial charge is 0.328 e. The number of amides is 1. The second-order valence-electron chi connectivity index (χ2n) is 4.27. The summed E-state index contributed by atoms with van der Waals surface area (Å²) < 4.78 is 5.16. The topological polar surface area (TPSA) is 55.4 Å². The molecule has 0 aliphatic rings. The first-order chi connectivity index (χ1) is 9.66. The van der Waals surface area contributed by atoms with Crippen LogP contribution < -0.4 is 5.32 Å². The molecule has 0 spiro atoms. The predicted octanol–water partition coefficient (Wildman–Crippen LogP) is 2.61. The molecule has 0 radical (unpaired) electrons. The Labute approximate surface area is 121 Å². The van der Waals surface area contributed by atoms with Gasteiger partial charge in [-0.3, -0.25) is 4.79 Å². The second-order valence-corrected chi connectivity index (χ2v) is 5.21. The van der Waals surface area contributed by atoms with Crippen molar-refractivity contribution in [2.75, 3.05) is 0 Å². The number of hydrogen-bond acceptors (Lipinski definition) is 4. The number of nitrogens with one attached hydrogen (secondary N) is 1. The number of hydrogen-bond donors (Lipinski definition) is 1. The van der Waals surface area contributed by atoms with Crippen LogP contribution in [0.4, 0.5) is 0 Å². The van der Waals surface area contributed by atoms with Crippen LogP contribution >= 0.6 is 11.3 Å². The van der Waals surface area contributed by atoms with Crippen LogP contribution in [0.15, 0.2) is 47.8 Å². The Morgan fingerprint density at radius 2 is 1.95 bits per heavy atom. The Balaban J connectivity index is 1.82. The molecule has 104 valence electrons. The highest BCUT2D eigenvalue weighted by molar-refractivity contribution is 7.12. The standard InChI is InChI=1S/C15H15NO3S/c1-11(16-14(17)13-8-5-9-20-13)15(18)19-10-12-6-3-2-4-7-12/h2-9,11H,10H2,1H3,(H,16,17). The van der Waals surface area contributed by atoms with Gasteiger partial charge in [-0.25, -0.2) is 4.79 Å². The number of carbonyl (C=O) groups excluding carboxylic acids is 2. The van der Waals surface area contributed by atoms with Crippen LogP contribution in [0.3, 0.4) is 0 Å². The zero-order valence-electron chi connectivity index (χ0n) is 11.0. The fourth-order valence-corrected chi connectivity index (χ4v) is 2.21.